The molecule has 144 valence electrons. The first-order valence-corrected chi connectivity index (χ1v) is 9.41. The fourth-order valence-corrected chi connectivity index (χ4v) is 2.96. The van der Waals surface area contributed by atoms with E-state index in [1.807, 2.05) is 24.3 Å². The maximum atomic E-state index is 11.8. The molecular weight excluding hydrogens is 348 g/mol. The highest BCUT2D eigenvalue weighted by atomic mass is 16.1. The number of nitrogens with one attached hydrogen (secondary N) is 2. The average molecular weight is 374 g/mol. The van der Waals surface area contributed by atoms with Crippen LogP contribution in [0.5, 0.6) is 0 Å². The zero-order chi connectivity index (χ0) is 19.8. The molecule has 3 rings (SSSR count). The SMILES string of the molecule is CN=C(NCc1ccc(Cn2ccccc2=O)cc1)NC(C)c1ccccc1. The number of nitrogens with zero attached hydrogens (tertiary/aromatic N) is 2. The Labute approximate surface area is 165 Å². The molecule has 0 bridgehead atoms. The van der Waals surface area contributed by atoms with E-state index in [9.17, 15) is 4.79 Å². The minimum Gasteiger partial charge on any atom is -0.352 e. The van der Waals surface area contributed by atoms with Crippen LogP contribution >= 0.6 is 0 Å². The molecule has 2 aromatic carbocycles. The van der Waals surface area contributed by atoms with E-state index in [1.165, 1.54) is 5.56 Å². The van der Waals surface area contributed by atoms with Crippen molar-refractivity contribution in [2.75, 3.05) is 7.05 Å². The van der Waals surface area contributed by atoms with E-state index in [2.05, 4.69) is 58.9 Å². The Balaban J connectivity index is 1.55. The molecule has 0 saturated heterocycles. The normalized spacial score (nSPS) is 12.4. The summed E-state index contributed by atoms with van der Waals surface area (Å²) in [4.78, 5) is 16.1. The Kier molecular flexibility index (Phi) is 6.63. The van der Waals surface area contributed by atoms with Gasteiger partial charge in [0.05, 0.1) is 12.6 Å². The van der Waals surface area contributed by atoms with Gasteiger partial charge in [-0.25, -0.2) is 0 Å². The smallest absolute Gasteiger partial charge is 0.250 e. The van der Waals surface area contributed by atoms with Crippen LogP contribution in [0.1, 0.15) is 29.7 Å². The van der Waals surface area contributed by atoms with Gasteiger partial charge in [0.15, 0.2) is 5.96 Å². The Morgan fingerprint density at radius 3 is 2.32 bits per heavy atom. The van der Waals surface area contributed by atoms with Crippen LogP contribution in [0, 0.1) is 0 Å². The minimum absolute atomic E-state index is 0.00986. The fourth-order valence-electron chi connectivity index (χ4n) is 2.96. The van der Waals surface area contributed by atoms with E-state index in [-0.39, 0.29) is 11.6 Å². The molecule has 0 saturated carbocycles. The lowest BCUT2D eigenvalue weighted by atomic mass is 10.1. The van der Waals surface area contributed by atoms with Gasteiger partial charge in [-0.3, -0.25) is 9.79 Å². The highest BCUT2D eigenvalue weighted by Crippen LogP contribution is 2.11. The largest absolute Gasteiger partial charge is 0.352 e. The van der Waals surface area contributed by atoms with Crippen LogP contribution in [0.3, 0.4) is 0 Å². The molecule has 0 amide bonds. The maximum Gasteiger partial charge on any atom is 0.250 e. The van der Waals surface area contributed by atoms with Crippen molar-refractivity contribution < 1.29 is 0 Å². The molecule has 2 N–H and O–H groups in total. The van der Waals surface area contributed by atoms with E-state index in [0.29, 0.717) is 13.1 Å². The van der Waals surface area contributed by atoms with Gasteiger partial charge in [0, 0.05) is 25.9 Å². The van der Waals surface area contributed by atoms with Gasteiger partial charge in [-0.1, -0.05) is 60.7 Å². The third-order valence-electron chi connectivity index (χ3n) is 4.61. The molecule has 1 heterocycles. The standard InChI is InChI=1S/C23H26N4O/c1-18(21-8-4-3-5-9-21)26-23(24-2)25-16-19-11-13-20(14-12-19)17-27-15-7-6-10-22(27)28/h3-15,18H,16-17H2,1-2H3,(H2,24,25,26). The number of aliphatic imine (C=N–C) groups is 1. The van der Waals surface area contributed by atoms with Gasteiger partial charge in [0.2, 0.25) is 0 Å². The van der Waals surface area contributed by atoms with E-state index in [0.717, 1.165) is 17.1 Å². The van der Waals surface area contributed by atoms with E-state index in [4.69, 9.17) is 0 Å². The second kappa shape index (κ2) is 9.55. The van der Waals surface area contributed by atoms with Crippen LogP contribution in [0.2, 0.25) is 0 Å². The van der Waals surface area contributed by atoms with Gasteiger partial charge in [-0.15, -0.1) is 0 Å². The number of rotatable bonds is 6. The summed E-state index contributed by atoms with van der Waals surface area (Å²) in [6.45, 7) is 3.36. The summed E-state index contributed by atoms with van der Waals surface area (Å²) in [5, 5.41) is 6.75. The number of pyridine rings is 1. The quantitative estimate of drug-likeness (QED) is 0.514. The fraction of sp³-hybridized carbons (Fsp3) is 0.217. The van der Waals surface area contributed by atoms with Gasteiger partial charge < -0.3 is 15.2 Å². The summed E-state index contributed by atoms with van der Waals surface area (Å²) in [5.74, 6) is 0.760. The van der Waals surface area contributed by atoms with Gasteiger partial charge >= 0.3 is 0 Å². The van der Waals surface area contributed by atoms with Crippen molar-refractivity contribution in [2.45, 2.75) is 26.1 Å². The van der Waals surface area contributed by atoms with Crippen molar-refractivity contribution in [1.82, 2.24) is 15.2 Å². The Hall–Kier alpha value is -3.34. The molecule has 28 heavy (non-hydrogen) atoms. The highest BCUT2D eigenvalue weighted by Gasteiger charge is 2.07. The molecule has 0 aliphatic rings. The Morgan fingerprint density at radius 1 is 0.964 bits per heavy atom. The van der Waals surface area contributed by atoms with Crippen LogP contribution in [-0.4, -0.2) is 17.6 Å². The lowest BCUT2D eigenvalue weighted by molar-refractivity contribution is 0.685. The molecule has 5 heteroatoms. The van der Waals surface area contributed by atoms with Crippen LogP contribution in [-0.2, 0) is 13.1 Å². The second-order valence-corrected chi connectivity index (χ2v) is 6.69. The van der Waals surface area contributed by atoms with Crippen LogP contribution in [0.4, 0.5) is 0 Å². The average Bonchev–Trinajstić information content (AvgIpc) is 2.74. The van der Waals surface area contributed by atoms with Crippen LogP contribution < -0.4 is 16.2 Å². The topological polar surface area (TPSA) is 58.4 Å². The van der Waals surface area contributed by atoms with Crippen molar-refractivity contribution in [3.8, 4) is 0 Å². The first-order valence-electron chi connectivity index (χ1n) is 9.41. The molecular formula is C23H26N4O. The zero-order valence-corrected chi connectivity index (χ0v) is 16.3. The number of hydrogen-bond acceptors (Lipinski definition) is 2. The molecule has 0 fully saturated rings. The third kappa shape index (κ3) is 5.33. The maximum absolute atomic E-state index is 11.8. The summed E-state index contributed by atoms with van der Waals surface area (Å²) in [6, 6.07) is 23.9. The predicted molar refractivity (Wildman–Crippen MR) is 114 cm³/mol. The molecule has 5 nitrogen and oxygen atoms in total. The number of benzene rings is 2. The number of hydrogen-bond donors (Lipinski definition) is 2. The molecule has 1 aromatic heterocycles. The van der Waals surface area contributed by atoms with Crippen molar-refractivity contribution in [3.05, 3.63) is 106 Å². The van der Waals surface area contributed by atoms with Crippen molar-refractivity contribution >= 4 is 5.96 Å². The van der Waals surface area contributed by atoms with Crippen molar-refractivity contribution in [1.29, 1.82) is 0 Å². The minimum atomic E-state index is 0.00986. The second-order valence-electron chi connectivity index (χ2n) is 6.69. The first-order chi connectivity index (χ1) is 13.7. The van der Waals surface area contributed by atoms with Gasteiger partial charge in [0.25, 0.3) is 5.56 Å². The summed E-state index contributed by atoms with van der Waals surface area (Å²) < 4.78 is 1.70. The molecule has 0 spiro atoms. The molecule has 0 aliphatic carbocycles. The summed E-state index contributed by atoms with van der Waals surface area (Å²) >= 11 is 0. The van der Waals surface area contributed by atoms with E-state index < -0.39 is 0 Å². The van der Waals surface area contributed by atoms with Crippen molar-refractivity contribution in [2.24, 2.45) is 4.99 Å². The summed E-state index contributed by atoms with van der Waals surface area (Å²) in [7, 11) is 1.77. The zero-order valence-electron chi connectivity index (χ0n) is 16.3. The van der Waals surface area contributed by atoms with Gasteiger partial charge in [-0.2, -0.15) is 0 Å². The summed E-state index contributed by atoms with van der Waals surface area (Å²) in [6.07, 6.45) is 1.81. The molecule has 1 unspecified atom stereocenters. The Bertz CT molecular complexity index is 962. The van der Waals surface area contributed by atoms with Gasteiger partial charge in [0.1, 0.15) is 0 Å². The van der Waals surface area contributed by atoms with Crippen LogP contribution in [0.25, 0.3) is 0 Å². The highest BCUT2D eigenvalue weighted by molar-refractivity contribution is 5.80. The molecule has 3 aromatic rings. The monoisotopic (exact) mass is 374 g/mol. The third-order valence-corrected chi connectivity index (χ3v) is 4.61. The molecule has 0 aliphatic heterocycles. The number of aromatic nitrogens is 1. The van der Waals surface area contributed by atoms with Crippen LogP contribution in [0.15, 0.2) is 88.8 Å². The lowest BCUT2D eigenvalue weighted by Gasteiger charge is -2.18. The van der Waals surface area contributed by atoms with E-state index >= 15 is 0 Å². The summed E-state index contributed by atoms with van der Waals surface area (Å²) in [5.41, 5.74) is 3.47. The predicted octanol–water partition coefficient (Wildman–Crippen LogP) is 3.32. The molecule has 0 radical (unpaired) electrons. The van der Waals surface area contributed by atoms with Crippen molar-refractivity contribution in [3.63, 3.8) is 0 Å². The first kappa shape index (κ1) is 19.4. The number of guanidine groups is 1. The Morgan fingerprint density at radius 2 is 1.64 bits per heavy atom. The van der Waals surface area contributed by atoms with E-state index in [1.54, 1.807) is 29.9 Å². The molecule has 1 atom stereocenters. The lowest BCUT2D eigenvalue weighted by Crippen LogP contribution is -2.38. The van der Waals surface area contributed by atoms with Gasteiger partial charge in [-0.05, 0) is 29.7 Å².